The van der Waals surface area contributed by atoms with Crippen molar-refractivity contribution in [3.8, 4) is 0 Å². The fourth-order valence-corrected chi connectivity index (χ4v) is 1.89. The summed E-state index contributed by atoms with van der Waals surface area (Å²) in [6, 6.07) is 5.77. The van der Waals surface area contributed by atoms with Gasteiger partial charge in [-0.2, -0.15) is 0 Å². The molecule has 0 atom stereocenters. The minimum Gasteiger partial charge on any atom is -0.388 e. The number of nitrogens with one attached hydrogen (secondary N) is 2. The van der Waals surface area contributed by atoms with Crippen LogP contribution in [0.5, 0.6) is 0 Å². The SMILES string of the molecule is CNc1ccc(Br)cc1C(=N)c1cncnc1. The molecule has 1 heterocycles. The van der Waals surface area contributed by atoms with E-state index in [1.807, 2.05) is 25.2 Å². The number of rotatable bonds is 3. The highest BCUT2D eigenvalue weighted by Crippen LogP contribution is 2.23. The molecule has 2 rings (SSSR count). The van der Waals surface area contributed by atoms with Gasteiger partial charge in [0.15, 0.2) is 0 Å². The van der Waals surface area contributed by atoms with E-state index in [1.165, 1.54) is 6.33 Å². The number of halogens is 1. The van der Waals surface area contributed by atoms with Gasteiger partial charge < -0.3 is 5.32 Å². The van der Waals surface area contributed by atoms with Crippen LogP contribution in [-0.2, 0) is 0 Å². The van der Waals surface area contributed by atoms with Crippen molar-refractivity contribution >= 4 is 27.3 Å². The molecule has 1 aromatic carbocycles. The first kappa shape index (κ1) is 11.7. The van der Waals surface area contributed by atoms with Crippen LogP contribution in [0.25, 0.3) is 0 Å². The van der Waals surface area contributed by atoms with Gasteiger partial charge in [0.05, 0.1) is 5.71 Å². The highest BCUT2D eigenvalue weighted by Gasteiger charge is 2.10. The number of hydrogen-bond acceptors (Lipinski definition) is 4. The van der Waals surface area contributed by atoms with E-state index in [0.717, 1.165) is 15.7 Å². The van der Waals surface area contributed by atoms with Crippen LogP contribution in [0, 0.1) is 5.41 Å². The number of aromatic nitrogens is 2. The first-order valence-electron chi connectivity index (χ1n) is 5.04. The second-order valence-electron chi connectivity index (χ2n) is 3.44. The molecule has 1 aromatic heterocycles. The maximum absolute atomic E-state index is 8.17. The summed E-state index contributed by atoms with van der Waals surface area (Å²) >= 11 is 3.41. The summed E-state index contributed by atoms with van der Waals surface area (Å²) in [6.45, 7) is 0. The molecule has 0 saturated heterocycles. The predicted molar refractivity (Wildman–Crippen MR) is 71.7 cm³/mol. The van der Waals surface area contributed by atoms with Crippen molar-refractivity contribution in [2.75, 3.05) is 12.4 Å². The van der Waals surface area contributed by atoms with E-state index in [0.29, 0.717) is 11.3 Å². The maximum Gasteiger partial charge on any atom is 0.115 e. The van der Waals surface area contributed by atoms with Crippen LogP contribution in [0.1, 0.15) is 11.1 Å². The van der Waals surface area contributed by atoms with Gasteiger partial charge in [-0.1, -0.05) is 15.9 Å². The molecule has 2 N–H and O–H groups in total. The van der Waals surface area contributed by atoms with Gasteiger partial charge in [-0.05, 0) is 18.2 Å². The molecule has 17 heavy (non-hydrogen) atoms. The quantitative estimate of drug-likeness (QED) is 0.855. The Hall–Kier alpha value is -1.75. The van der Waals surface area contributed by atoms with Crippen molar-refractivity contribution in [1.29, 1.82) is 5.41 Å². The average molecular weight is 291 g/mol. The van der Waals surface area contributed by atoms with Gasteiger partial charge in [0, 0.05) is 40.7 Å². The van der Waals surface area contributed by atoms with E-state index in [1.54, 1.807) is 12.4 Å². The third-order valence-corrected chi connectivity index (χ3v) is 2.86. The first-order valence-corrected chi connectivity index (χ1v) is 5.83. The van der Waals surface area contributed by atoms with E-state index in [2.05, 4.69) is 31.2 Å². The highest BCUT2D eigenvalue weighted by molar-refractivity contribution is 9.10. The lowest BCUT2D eigenvalue weighted by Gasteiger charge is -2.10. The fraction of sp³-hybridized carbons (Fsp3) is 0.0833. The first-order chi connectivity index (χ1) is 8.22. The standard InChI is InChI=1S/C12H11BrN4/c1-15-11-3-2-9(13)4-10(11)12(14)8-5-16-7-17-6-8/h2-7,14-15H,1H3. The Kier molecular flexibility index (Phi) is 3.49. The average Bonchev–Trinajstić information content (AvgIpc) is 2.39. The minimum atomic E-state index is 0.399. The minimum absolute atomic E-state index is 0.399. The predicted octanol–water partition coefficient (Wildman–Crippen LogP) is 2.70. The summed E-state index contributed by atoms with van der Waals surface area (Å²) in [5, 5.41) is 11.2. The van der Waals surface area contributed by atoms with Crippen LogP contribution >= 0.6 is 15.9 Å². The van der Waals surface area contributed by atoms with Crippen molar-refractivity contribution in [2.45, 2.75) is 0 Å². The third-order valence-electron chi connectivity index (χ3n) is 2.37. The Balaban J connectivity index is 2.47. The lowest BCUT2D eigenvalue weighted by Crippen LogP contribution is -2.06. The van der Waals surface area contributed by atoms with Crippen LogP contribution in [0.2, 0.25) is 0 Å². The van der Waals surface area contributed by atoms with Gasteiger partial charge >= 0.3 is 0 Å². The molecule has 0 fully saturated rings. The Labute approximate surface area is 108 Å². The molecule has 5 heteroatoms. The zero-order chi connectivity index (χ0) is 12.3. The highest BCUT2D eigenvalue weighted by atomic mass is 79.9. The summed E-state index contributed by atoms with van der Waals surface area (Å²) in [4.78, 5) is 7.85. The molecule has 86 valence electrons. The van der Waals surface area contributed by atoms with Gasteiger partial charge in [0.1, 0.15) is 6.33 Å². The molecule has 0 aliphatic heterocycles. The molecule has 2 aromatic rings. The lowest BCUT2D eigenvalue weighted by molar-refractivity contribution is 1.15. The second-order valence-corrected chi connectivity index (χ2v) is 4.36. The molecule has 0 saturated carbocycles. The Bertz CT molecular complexity index is 539. The van der Waals surface area contributed by atoms with E-state index < -0.39 is 0 Å². The molecule has 0 unspecified atom stereocenters. The zero-order valence-corrected chi connectivity index (χ0v) is 10.8. The van der Waals surface area contributed by atoms with Crippen molar-refractivity contribution < 1.29 is 0 Å². The molecule has 0 aliphatic rings. The monoisotopic (exact) mass is 290 g/mol. The van der Waals surface area contributed by atoms with Crippen LogP contribution in [0.4, 0.5) is 5.69 Å². The van der Waals surface area contributed by atoms with Crippen LogP contribution in [0.3, 0.4) is 0 Å². The molecule has 0 spiro atoms. The van der Waals surface area contributed by atoms with Crippen molar-refractivity contribution in [2.24, 2.45) is 0 Å². The topological polar surface area (TPSA) is 61.7 Å². The number of benzene rings is 1. The van der Waals surface area contributed by atoms with E-state index in [9.17, 15) is 0 Å². The molecular weight excluding hydrogens is 280 g/mol. The molecule has 0 bridgehead atoms. The Morgan fingerprint density at radius 3 is 2.65 bits per heavy atom. The lowest BCUT2D eigenvalue weighted by atomic mass is 10.0. The van der Waals surface area contributed by atoms with Gasteiger partial charge in [-0.3, -0.25) is 5.41 Å². The number of hydrogen-bond donors (Lipinski definition) is 2. The van der Waals surface area contributed by atoms with Gasteiger partial charge in [0.25, 0.3) is 0 Å². The molecule has 4 nitrogen and oxygen atoms in total. The van der Waals surface area contributed by atoms with Gasteiger partial charge in [-0.25, -0.2) is 9.97 Å². The summed E-state index contributed by atoms with van der Waals surface area (Å²) in [5.74, 6) is 0. The zero-order valence-electron chi connectivity index (χ0n) is 9.24. The molecule has 0 radical (unpaired) electrons. The smallest absolute Gasteiger partial charge is 0.115 e. The summed E-state index contributed by atoms with van der Waals surface area (Å²) in [6.07, 6.45) is 4.72. The second kappa shape index (κ2) is 5.05. The van der Waals surface area contributed by atoms with Crippen LogP contribution < -0.4 is 5.32 Å². The summed E-state index contributed by atoms with van der Waals surface area (Å²) < 4.78 is 0.938. The Morgan fingerprint density at radius 2 is 2.00 bits per heavy atom. The van der Waals surface area contributed by atoms with Gasteiger partial charge in [0.2, 0.25) is 0 Å². The summed E-state index contributed by atoms with van der Waals surface area (Å²) in [7, 11) is 1.83. The van der Waals surface area contributed by atoms with E-state index >= 15 is 0 Å². The normalized spacial score (nSPS) is 10.0. The third kappa shape index (κ3) is 2.50. The number of anilines is 1. The molecule has 0 amide bonds. The van der Waals surface area contributed by atoms with Crippen molar-refractivity contribution in [3.63, 3.8) is 0 Å². The van der Waals surface area contributed by atoms with Crippen molar-refractivity contribution in [3.05, 3.63) is 52.5 Å². The molecule has 0 aliphatic carbocycles. The van der Waals surface area contributed by atoms with E-state index in [-0.39, 0.29) is 0 Å². The molecular formula is C12H11BrN4. The number of nitrogens with zero attached hydrogens (tertiary/aromatic N) is 2. The van der Waals surface area contributed by atoms with Crippen LogP contribution in [-0.4, -0.2) is 22.7 Å². The van der Waals surface area contributed by atoms with Gasteiger partial charge in [-0.15, -0.1) is 0 Å². The van der Waals surface area contributed by atoms with Crippen LogP contribution in [0.15, 0.2) is 41.4 Å². The fourth-order valence-electron chi connectivity index (χ4n) is 1.53. The Morgan fingerprint density at radius 1 is 1.29 bits per heavy atom. The largest absolute Gasteiger partial charge is 0.388 e. The maximum atomic E-state index is 8.17. The van der Waals surface area contributed by atoms with E-state index in [4.69, 9.17) is 5.41 Å². The summed E-state index contributed by atoms with van der Waals surface area (Å²) in [5.41, 5.74) is 2.82. The van der Waals surface area contributed by atoms with Crippen molar-refractivity contribution in [1.82, 2.24) is 9.97 Å².